The van der Waals surface area contributed by atoms with Crippen molar-refractivity contribution in [1.82, 2.24) is 4.90 Å². The number of hydrogen-bond acceptors (Lipinski definition) is 4. The van der Waals surface area contributed by atoms with Gasteiger partial charge in [-0.15, -0.1) is 0 Å². The number of nitrogens with zero attached hydrogens (tertiary/aromatic N) is 3. The van der Waals surface area contributed by atoms with E-state index < -0.39 is 6.09 Å². The van der Waals surface area contributed by atoms with Gasteiger partial charge in [-0.25, -0.2) is 9.79 Å². The van der Waals surface area contributed by atoms with Crippen molar-refractivity contribution in [2.24, 2.45) is 4.99 Å². The number of halogens is 1. The van der Waals surface area contributed by atoms with Crippen LogP contribution in [0.1, 0.15) is 54.1 Å². The molecule has 2 aromatic carbocycles. The van der Waals surface area contributed by atoms with Crippen LogP contribution >= 0.6 is 11.8 Å². The molecule has 7 heteroatoms. The number of ether oxygens (including phenoxy) is 1. The van der Waals surface area contributed by atoms with Crippen molar-refractivity contribution in [3.8, 4) is 0 Å². The first kappa shape index (κ1) is 23.8. The SMILES string of the molecule is CCCc1ccc(COC(=O)N(Cl)c2ccccc2C(=O)N2CCCC3=C2N=CC=CC3)cc1. The van der Waals surface area contributed by atoms with Gasteiger partial charge in [0, 0.05) is 24.5 Å². The van der Waals surface area contributed by atoms with Crippen molar-refractivity contribution >= 4 is 35.7 Å². The van der Waals surface area contributed by atoms with E-state index in [1.807, 2.05) is 36.4 Å². The Kier molecular flexibility index (Phi) is 7.80. The lowest BCUT2D eigenvalue weighted by Gasteiger charge is -2.30. The number of para-hydroxylation sites is 1. The van der Waals surface area contributed by atoms with Crippen LogP contribution in [0.4, 0.5) is 10.5 Å². The maximum absolute atomic E-state index is 13.5. The fourth-order valence-corrected chi connectivity index (χ4v) is 4.35. The summed E-state index contributed by atoms with van der Waals surface area (Å²) in [5.74, 6) is 0.443. The van der Waals surface area contributed by atoms with Gasteiger partial charge in [-0.2, -0.15) is 4.42 Å². The highest BCUT2D eigenvalue weighted by Gasteiger charge is 2.29. The standard InChI is InChI=1S/C27H28ClN3O3/c1-2-8-20-13-15-21(16-14-20)19-34-27(33)31(28)24-12-4-3-11-23(24)26(32)30-18-7-10-22-9-5-6-17-29-25(22)30/h3-6,11-17H,2,7-10,18-19H2,1H3. The molecule has 0 atom stereocenters. The summed E-state index contributed by atoms with van der Waals surface area (Å²) < 4.78 is 6.29. The quantitative estimate of drug-likeness (QED) is 0.451. The first-order valence-corrected chi connectivity index (χ1v) is 11.9. The third kappa shape index (κ3) is 5.39. The van der Waals surface area contributed by atoms with Gasteiger partial charge in [-0.1, -0.05) is 55.8 Å². The van der Waals surface area contributed by atoms with E-state index in [0.717, 1.165) is 47.7 Å². The zero-order valence-electron chi connectivity index (χ0n) is 19.2. The van der Waals surface area contributed by atoms with Crippen molar-refractivity contribution < 1.29 is 14.3 Å². The number of rotatable bonds is 6. The minimum absolute atomic E-state index is 0.0919. The van der Waals surface area contributed by atoms with E-state index in [4.69, 9.17) is 16.5 Å². The molecule has 176 valence electrons. The molecule has 0 aliphatic carbocycles. The second-order valence-electron chi connectivity index (χ2n) is 8.32. The van der Waals surface area contributed by atoms with E-state index in [1.54, 1.807) is 35.4 Å². The summed E-state index contributed by atoms with van der Waals surface area (Å²) >= 11 is 6.38. The van der Waals surface area contributed by atoms with E-state index in [-0.39, 0.29) is 18.2 Å². The molecular formula is C27H28ClN3O3. The van der Waals surface area contributed by atoms with Crippen LogP contribution in [0.15, 0.2) is 77.1 Å². The van der Waals surface area contributed by atoms with Gasteiger partial charge < -0.3 is 4.74 Å². The van der Waals surface area contributed by atoms with Crippen LogP contribution in [0.2, 0.25) is 0 Å². The van der Waals surface area contributed by atoms with Crippen LogP contribution in [0.3, 0.4) is 0 Å². The van der Waals surface area contributed by atoms with Crippen LogP contribution in [0.5, 0.6) is 0 Å². The summed E-state index contributed by atoms with van der Waals surface area (Å²) in [5.41, 5.74) is 3.85. The summed E-state index contributed by atoms with van der Waals surface area (Å²) in [6.07, 6.45) is 9.54. The van der Waals surface area contributed by atoms with Gasteiger partial charge in [-0.3, -0.25) is 9.69 Å². The van der Waals surface area contributed by atoms with Crippen molar-refractivity contribution in [1.29, 1.82) is 0 Å². The molecule has 0 unspecified atom stereocenters. The maximum atomic E-state index is 13.5. The Morgan fingerprint density at radius 2 is 1.88 bits per heavy atom. The van der Waals surface area contributed by atoms with Gasteiger partial charge in [0.25, 0.3) is 5.91 Å². The molecule has 0 radical (unpaired) electrons. The minimum Gasteiger partial charge on any atom is -0.443 e. The zero-order chi connectivity index (χ0) is 23.9. The van der Waals surface area contributed by atoms with E-state index in [2.05, 4.69) is 11.9 Å². The fraction of sp³-hybridized carbons (Fsp3) is 0.296. The van der Waals surface area contributed by atoms with E-state index >= 15 is 0 Å². The molecule has 0 spiro atoms. The zero-order valence-corrected chi connectivity index (χ0v) is 20.0. The average Bonchev–Trinajstić information content (AvgIpc) is 3.13. The number of carbonyl (C=O) groups excluding carboxylic acids is 2. The van der Waals surface area contributed by atoms with Crippen LogP contribution in [0.25, 0.3) is 0 Å². The van der Waals surface area contributed by atoms with Crippen molar-refractivity contribution in [3.05, 3.63) is 88.8 Å². The molecule has 0 aromatic heterocycles. The molecule has 0 saturated carbocycles. The third-order valence-electron chi connectivity index (χ3n) is 5.89. The number of allylic oxidation sites excluding steroid dienone is 3. The molecule has 0 saturated heterocycles. The lowest BCUT2D eigenvalue weighted by Crippen LogP contribution is -2.35. The average molecular weight is 478 g/mol. The highest BCUT2D eigenvalue weighted by atomic mass is 35.5. The maximum Gasteiger partial charge on any atom is 0.429 e. The topological polar surface area (TPSA) is 62.2 Å². The monoisotopic (exact) mass is 477 g/mol. The third-order valence-corrected chi connectivity index (χ3v) is 6.21. The molecule has 6 nitrogen and oxygen atoms in total. The summed E-state index contributed by atoms with van der Waals surface area (Å²) in [6, 6.07) is 14.7. The Morgan fingerprint density at radius 3 is 2.68 bits per heavy atom. The summed E-state index contributed by atoms with van der Waals surface area (Å²) in [7, 11) is 0. The van der Waals surface area contributed by atoms with Gasteiger partial charge in [-0.05, 0) is 60.6 Å². The number of hydrogen-bond donors (Lipinski definition) is 0. The molecule has 2 aromatic rings. The van der Waals surface area contributed by atoms with Crippen LogP contribution in [-0.2, 0) is 17.8 Å². The highest BCUT2D eigenvalue weighted by Crippen LogP contribution is 2.31. The normalized spacial score (nSPS) is 15.1. The summed E-state index contributed by atoms with van der Waals surface area (Å²) in [4.78, 5) is 32.4. The first-order chi connectivity index (χ1) is 16.6. The molecule has 2 amide bonds. The van der Waals surface area contributed by atoms with Gasteiger partial charge >= 0.3 is 6.09 Å². The summed E-state index contributed by atoms with van der Waals surface area (Å²) in [6.45, 7) is 2.79. The molecule has 2 aliphatic rings. The number of aliphatic imine (C=N–C) groups is 1. The molecule has 0 N–H and O–H groups in total. The minimum atomic E-state index is -0.741. The second-order valence-corrected chi connectivity index (χ2v) is 8.66. The van der Waals surface area contributed by atoms with Crippen molar-refractivity contribution in [2.45, 2.75) is 45.6 Å². The smallest absolute Gasteiger partial charge is 0.429 e. The van der Waals surface area contributed by atoms with Crippen molar-refractivity contribution in [3.63, 3.8) is 0 Å². The van der Waals surface area contributed by atoms with Crippen LogP contribution in [-0.4, -0.2) is 29.7 Å². The molecule has 34 heavy (non-hydrogen) atoms. The van der Waals surface area contributed by atoms with Crippen LogP contribution < -0.4 is 4.42 Å². The Hall–Kier alpha value is -3.38. The van der Waals surface area contributed by atoms with E-state index in [1.165, 1.54) is 5.56 Å². The Balaban J connectivity index is 1.49. The van der Waals surface area contributed by atoms with Crippen molar-refractivity contribution in [2.75, 3.05) is 11.0 Å². The number of aryl methyl sites for hydroxylation is 1. The fourth-order valence-electron chi connectivity index (χ4n) is 4.16. The number of amides is 2. The predicted molar refractivity (Wildman–Crippen MR) is 135 cm³/mol. The Bertz CT molecular complexity index is 1140. The number of carbonyl (C=O) groups is 2. The van der Waals surface area contributed by atoms with Gasteiger partial charge in [0.15, 0.2) is 0 Å². The molecule has 0 bridgehead atoms. The largest absolute Gasteiger partial charge is 0.443 e. The Morgan fingerprint density at radius 1 is 1.12 bits per heavy atom. The number of benzene rings is 2. The van der Waals surface area contributed by atoms with Gasteiger partial charge in [0.05, 0.1) is 11.3 Å². The Labute approximate surface area is 205 Å². The molecule has 4 rings (SSSR count). The summed E-state index contributed by atoms with van der Waals surface area (Å²) in [5, 5.41) is 0. The predicted octanol–water partition coefficient (Wildman–Crippen LogP) is 6.41. The lowest BCUT2D eigenvalue weighted by atomic mass is 10.0. The van der Waals surface area contributed by atoms with E-state index in [9.17, 15) is 9.59 Å². The van der Waals surface area contributed by atoms with Crippen LogP contribution in [0, 0.1) is 0 Å². The number of anilines is 1. The molecular weight excluding hydrogens is 450 g/mol. The molecule has 0 fully saturated rings. The highest BCUT2D eigenvalue weighted by molar-refractivity contribution is 6.36. The molecule has 2 aliphatic heterocycles. The molecule has 2 heterocycles. The van der Waals surface area contributed by atoms with Gasteiger partial charge in [0.1, 0.15) is 12.4 Å². The van der Waals surface area contributed by atoms with E-state index in [0.29, 0.717) is 17.9 Å². The van der Waals surface area contributed by atoms with Gasteiger partial charge in [0.2, 0.25) is 0 Å². The lowest BCUT2D eigenvalue weighted by molar-refractivity contribution is 0.0793. The second kappa shape index (κ2) is 11.2. The first-order valence-electron chi connectivity index (χ1n) is 11.6.